The zero-order valence-electron chi connectivity index (χ0n) is 19.2. The summed E-state index contributed by atoms with van der Waals surface area (Å²) in [4.78, 5) is 32.3. The Kier molecular flexibility index (Phi) is 6.67. The number of nitrogens with zero attached hydrogens (tertiary/aromatic N) is 2. The van der Waals surface area contributed by atoms with Gasteiger partial charge >= 0.3 is 5.97 Å². The van der Waals surface area contributed by atoms with E-state index in [0.717, 1.165) is 5.56 Å². The molecule has 0 bridgehead atoms. The Labute approximate surface area is 215 Å². The predicted octanol–water partition coefficient (Wildman–Crippen LogP) is 4.73. The van der Waals surface area contributed by atoms with Gasteiger partial charge in [-0.1, -0.05) is 77.5 Å². The zero-order valence-corrected chi connectivity index (χ0v) is 20.7. The number of carbonyl (C=O) groups is 1. The Morgan fingerprint density at radius 3 is 2.56 bits per heavy atom. The molecule has 5 rings (SSSR count). The van der Waals surface area contributed by atoms with Crippen LogP contribution in [0, 0.1) is 5.82 Å². The van der Waals surface area contributed by atoms with E-state index in [2.05, 4.69) is 0 Å². The van der Waals surface area contributed by atoms with E-state index in [-0.39, 0.29) is 17.7 Å². The summed E-state index contributed by atoms with van der Waals surface area (Å²) >= 11 is 7.32. The maximum atomic E-state index is 13.8. The molecule has 8 heteroatoms. The number of carbonyl (C=O) groups excluding carboxylic acids is 1. The minimum absolute atomic E-state index is 0.168. The molecule has 4 aromatic rings. The third-order valence-electron chi connectivity index (χ3n) is 5.71. The van der Waals surface area contributed by atoms with Crippen LogP contribution >= 0.6 is 22.9 Å². The van der Waals surface area contributed by atoms with E-state index in [4.69, 9.17) is 21.3 Å². The van der Waals surface area contributed by atoms with E-state index in [0.29, 0.717) is 31.2 Å². The molecule has 0 N–H and O–H groups in total. The molecule has 0 fully saturated rings. The monoisotopic (exact) mass is 518 g/mol. The highest BCUT2D eigenvalue weighted by atomic mass is 35.5. The predicted molar refractivity (Wildman–Crippen MR) is 139 cm³/mol. The van der Waals surface area contributed by atoms with Crippen molar-refractivity contribution in [2.75, 3.05) is 6.61 Å². The molecule has 0 radical (unpaired) electrons. The van der Waals surface area contributed by atoms with Crippen molar-refractivity contribution in [2.45, 2.75) is 13.0 Å². The number of hydrogen-bond acceptors (Lipinski definition) is 5. The molecule has 0 amide bonds. The highest BCUT2D eigenvalue weighted by Gasteiger charge is 2.35. The summed E-state index contributed by atoms with van der Waals surface area (Å²) in [5.41, 5.74) is 2.32. The second-order valence-corrected chi connectivity index (χ2v) is 9.48. The summed E-state index contributed by atoms with van der Waals surface area (Å²) in [6.45, 7) is 1.90. The van der Waals surface area contributed by atoms with Crippen molar-refractivity contribution in [2.24, 2.45) is 4.99 Å². The number of rotatable bonds is 5. The molecule has 0 spiro atoms. The molecule has 1 aliphatic heterocycles. The van der Waals surface area contributed by atoms with E-state index >= 15 is 0 Å². The summed E-state index contributed by atoms with van der Waals surface area (Å²) in [6.07, 6.45) is 1.63. The maximum Gasteiger partial charge on any atom is 0.338 e. The fourth-order valence-corrected chi connectivity index (χ4v) is 5.28. The van der Waals surface area contributed by atoms with Crippen LogP contribution in [-0.4, -0.2) is 17.1 Å². The van der Waals surface area contributed by atoms with Crippen LogP contribution in [0.4, 0.5) is 4.39 Å². The number of fused-ring (bicyclic) bond motifs is 1. The number of thiazole rings is 1. The van der Waals surface area contributed by atoms with Crippen LogP contribution in [0.2, 0.25) is 5.02 Å². The van der Waals surface area contributed by atoms with Gasteiger partial charge in [0.25, 0.3) is 5.56 Å². The first kappa shape index (κ1) is 23.9. The lowest BCUT2D eigenvalue weighted by Crippen LogP contribution is -2.40. The van der Waals surface area contributed by atoms with Gasteiger partial charge in [-0.05, 0) is 48.4 Å². The van der Waals surface area contributed by atoms with Crippen molar-refractivity contribution >= 4 is 40.7 Å². The van der Waals surface area contributed by atoms with Crippen LogP contribution < -0.4 is 14.9 Å². The fourth-order valence-electron chi connectivity index (χ4n) is 4.15. The number of hydrogen-bond donors (Lipinski definition) is 0. The van der Waals surface area contributed by atoms with Gasteiger partial charge in [-0.25, -0.2) is 14.2 Å². The third kappa shape index (κ3) is 4.55. The van der Waals surface area contributed by atoms with Crippen LogP contribution in [0.3, 0.4) is 0 Å². The quantitative estimate of drug-likeness (QED) is 0.359. The Morgan fingerprint density at radius 1 is 1.11 bits per heavy atom. The second kappa shape index (κ2) is 10.0. The van der Waals surface area contributed by atoms with Crippen molar-refractivity contribution in [3.05, 3.63) is 132 Å². The van der Waals surface area contributed by atoms with Crippen molar-refractivity contribution in [1.82, 2.24) is 4.57 Å². The smallest absolute Gasteiger partial charge is 0.338 e. The minimum atomic E-state index is -0.789. The molecule has 2 heterocycles. The largest absolute Gasteiger partial charge is 0.463 e. The van der Waals surface area contributed by atoms with Gasteiger partial charge in [-0.3, -0.25) is 9.36 Å². The summed E-state index contributed by atoms with van der Waals surface area (Å²) in [6, 6.07) is 21.5. The molecule has 1 aliphatic rings. The van der Waals surface area contributed by atoms with Gasteiger partial charge in [0.1, 0.15) is 5.82 Å². The third-order valence-corrected chi connectivity index (χ3v) is 6.94. The van der Waals surface area contributed by atoms with Gasteiger partial charge in [0, 0.05) is 10.6 Å². The molecule has 180 valence electrons. The van der Waals surface area contributed by atoms with Crippen LogP contribution in [0.25, 0.3) is 11.8 Å². The van der Waals surface area contributed by atoms with Crippen LogP contribution in [0.5, 0.6) is 0 Å². The Hall–Kier alpha value is -3.81. The van der Waals surface area contributed by atoms with Crippen molar-refractivity contribution in [3.63, 3.8) is 0 Å². The number of halogens is 2. The van der Waals surface area contributed by atoms with Crippen molar-refractivity contribution in [1.29, 1.82) is 0 Å². The Morgan fingerprint density at radius 2 is 1.86 bits per heavy atom. The zero-order chi connectivity index (χ0) is 25.2. The lowest BCUT2D eigenvalue weighted by Gasteiger charge is -2.25. The van der Waals surface area contributed by atoms with E-state index in [1.54, 1.807) is 49.4 Å². The normalized spacial score (nSPS) is 15.4. The molecular weight excluding hydrogens is 499 g/mol. The van der Waals surface area contributed by atoms with E-state index in [9.17, 15) is 14.0 Å². The number of ether oxygens (including phenoxy) is 1. The SMILES string of the molecule is CCOC(=O)C1=C(c2ccccc2)N=c2s/c(=C\c3cccc(F)c3)c(=O)n2[C@@H]1c1ccc(Cl)cc1. The van der Waals surface area contributed by atoms with E-state index in [1.807, 2.05) is 30.3 Å². The fraction of sp³-hybridized carbons (Fsp3) is 0.107. The number of esters is 1. The summed E-state index contributed by atoms with van der Waals surface area (Å²) in [7, 11) is 0. The average Bonchev–Trinajstić information content (AvgIpc) is 3.19. The van der Waals surface area contributed by atoms with Gasteiger partial charge in [-0.2, -0.15) is 0 Å². The first-order chi connectivity index (χ1) is 17.5. The highest BCUT2D eigenvalue weighted by Crippen LogP contribution is 2.35. The van der Waals surface area contributed by atoms with Gasteiger partial charge in [0.15, 0.2) is 4.80 Å². The summed E-state index contributed by atoms with van der Waals surface area (Å²) in [5, 5.41) is 0.530. The number of aromatic nitrogens is 1. The van der Waals surface area contributed by atoms with Gasteiger partial charge in [0.2, 0.25) is 0 Å². The molecule has 3 aromatic carbocycles. The lowest BCUT2D eigenvalue weighted by molar-refractivity contribution is -0.138. The average molecular weight is 519 g/mol. The van der Waals surface area contributed by atoms with Crippen LogP contribution in [-0.2, 0) is 9.53 Å². The molecule has 36 heavy (non-hydrogen) atoms. The Bertz CT molecular complexity index is 1660. The molecule has 0 saturated carbocycles. The second-order valence-electron chi connectivity index (χ2n) is 8.04. The minimum Gasteiger partial charge on any atom is -0.463 e. The Balaban J connectivity index is 1.83. The number of benzene rings is 3. The van der Waals surface area contributed by atoms with Gasteiger partial charge < -0.3 is 4.74 Å². The molecular formula is C28H20ClFN2O3S. The van der Waals surface area contributed by atoms with Crippen LogP contribution in [0.15, 0.2) is 94.2 Å². The standard InChI is InChI=1S/C28H20ClFN2O3S/c1-2-35-27(34)23-24(18-8-4-3-5-9-18)31-28-32(25(23)19-11-13-20(29)14-12-19)26(33)22(36-28)16-17-7-6-10-21(30)15-17/h3-16,25H,2H2,1H3/b22-16-/t25-/m1/s1. The van der Waals surface area contributed by atoms with Crippen molar-refractivity contribution in [3.8, 4) is 0 Å². The first-order valence-electron chi connectivity index (χ1n) is 11.3. The molecule has 1 aromatic heterocycles. The molecule has 5 nitrogen and oxygen atoms in total. The van der Waals surface area contributed by atoms with Gasteiger partial charge in [0.05, 0.1) is 28.5 Å². The highest BCUT2D eigenvalue weighted by molar-refractivity contribution is 7.07. The molecule has 0 saturated heterocycles. The lowest BCUT2D eigenvalue weighted by atomic mass is 9.93. The van der Waals surface area contributed by atoms with Crippen molar-refractivity contribution < 1.29 is 13.9 Å². The van der Waals surface area contributed by atoms with Crippen LogP contribution in [0.1, 0.15) is 29.7 Å². The van der Waals surface area contributed by atoms with E-state index in [1.165, 1.54) is 28.0 Å². The first-order valence-corrected chi connectivity index (χ1v) is 12.4. The van der Waals surface area contributed by atoms with Gasteiger partial charge in [-0.15, -0.1) is 0 Å². The molecule has 0 aliphatic carbocycles. The topological polar surface area (TPSA) is 60.7 Å². The summed E-state index contributed by atoms with van der Waals surface area (Å²) in [5.74, 6) is -0.953. The summed E-state index contributed by atoms with van der Waals surface area (Å²) < 4.78 is 21.1. The maximum absolute atomic E-state index is 13.8. The molecule has 1 atom stereocenters. The molecule has 0 unspecified atom stereocenters. The van der Waals surface area contributed by atoms with E-state index < -0.39 is 17.8 Å².